The molecule has 0 aromatic heterocycles. The summed E-state index contributed by atoms with van der Waals surface area (Å²) < 4.78 is 0. The molecule has 10 heavy (non-hydrogen) atoms. The molecule has 0 radical (unpaired) electrons. The van der Waals surface area contributed by atoms with Gasteiger partial charge in [-0.25, -0.2) is 0 Å². The van der Waals surface area contributed by atoms with Gasteiger partial charge in [0.2, 0.25) is 0 Å². The number of nitrogens with one attached hydrogen (secondary N) is 2. The van der Waals surface area contributed by atoms with Crippen LogP contribution in [0.15, 0.2) is 0 Å². The monoisotopic (exact) mass is 143 g/mol. The first kappa shape index (κ1) is 7.98. The number of hydrogen-bond acceptors (Lipinski definition) is 3. The molecule has 1 rings (SSSR count). The zero-order chi connectivity index (χ0) is 7.23. The lowest BCUT2D eigenvalue weighted by molar-refractivity contribution is 0.488. The highest BCUT2D eigenvalue weighted by Gasteiger charge is 2.10. The van der Waals surface area contributed by atoms with Crippen LogP contribution in [0.1, 0.15) is 19.3 Å². The minimum absolute atomic E-state index is 0.562. The van der Waals surface area contributed by atoms with Crippen molar-refractivity contribution < 1.29 is 0 Å². The summed E-state index contributed by atoms with van der Waals surface area (Å²) in [7, 11) is 0. The summed E-state index contributed by atoms with van der Waals surface area (Å²) in [5.74, 6) is 0. The van der Waals surface area contributed by atoms with E-state index in [-0.39, 0.29) is 0 Å². The fourth-order valence-corrected chi connectivity index (χ4v) is 1.26. The molecule has 3 nitrogen and oxygen atoms in total. The Labute approximate surface area is 62.4 Å². The lowest BCUT2D eigenvalue weighted by atomic mass is 10.2. The van der Waals surface area contributed by atoms with Crippen LogP contribution in [0.3, 0.4) is 0 Å². The normalized spacial score (nSPS) is 20.1. The van der Waals surface area contributed by atoms with Crippen LogP contribution in [0.5, 0.6) is 0 Å². The molecule has 4 N–H and O–H groups in total. The van der Waals surface area contributed by atoms with Crippen molar-refractivity contribution in [2.45, 2.75) is 25.4 Å². The molecule has 0 saturated carbocycles. The molecule has 0 amide bonds. The Balaban J connectivity index is 1.91. The van der Waals surface area contributed by atoms with Crippen LogP contribution in [0.2, 0.25) is 0 Å². The van der Waals surface area contributed by atoms with Gasteiger partial charge < -0.3 is 16.4 Å². The van der Waals surface area contributed by atoms with Crippen LogP contribution in [0, 0.1) is 0 Å². The van der Waals surface area contributed by atoms with Gasteiger partial charge in [-0.15, -0.1) is 0 Å². The fourth-order valence-electron chi connectivity index (χ4n) is 1.26. The Bertz CT molecular complexity index is 78.9. The molecule has 0 atom stereocenters. The minimum Gasteiger partial charge on any atom is -0.330 e. The van der Waals surface area contributed by atoms with Crippen LogP contribution in [-0.2, 0) is 0 Å². The van der Waals surface area contributed by atoms with Gasteiger partial charge in [-0.3, -0.25) is 0 Å². The number of hydrogen-bond donors (Lipinski definition) is 3. The number of nitrogens with two attached hydrogens (primary N) is 1. The van der Waals surface area contributed by atoms with Crippen molar-refractivity contribution in [3.8, 4) is 0 Å². The molecule has 0 unspecified atom stereocenters. The standard InChI is InChI=1S/C7H17N3/c8-4-2-1-3-7-9-5-6-10-7/h7,9-10H,1-6,8H2. The summed E-state index contributed by atoms with van der Waals surface area (Å²) in [4.78, 5) is 0. The van der Waals surface area contributed by atoms with Crippen molar-refractivity contribution in [3.05, 3.63) is 0 Å². The van der Waals surface area contributed by atoms with E-state index in [1.165, 1.54) is 12.8 Å². The predicted octanol–water partition coefficient (Wildman–Crippen LogP) is -0.366. The summed E-state index contributed by atoms with van der Waals surface area (Å²) in [6.45, 7) is 3.06. The summed E-state index contributed by atoms with van der Waals surface area (Å²) in [5, 5.41) is 6.73. The van der Waals surface area contributed by atoms with Crippen LogP contribution < -0.4 is 16.4 Å². The first-order valence-electron chi connectivity index (χ1n) is 4.10. The van der Waals surface area contributed by atoms with E-state index in [0.29, 0.717) is 6.17 Å². The summed E-state index contributed by atoms with van der Waals surface area (Å²) in [5.41, 5.74) is 5.37. The SMILES string of the molecule is NCCCCC1NCCN1. The maximum atomic E-state index is 5.37. The van der Waals surface area contributed by atoms with Gasteiger partial charge in [-0.2, -0.15) is 0 Å². The van der Waals surface area contributed by atoms with Gasteiger partial charge in [-0.05, 0) is 25.8 Å². The van der Waals surface area contributed by atoms with E-state index >= 15 is 0 Å². The van der Waals surface area contributed by atoms with E-state index in [1.54, 1.807) is 0 Å². The van der Waals surface area contributed by atoms with E-state index in [4.69, 9.17) is 5.73 Å². The summed E-state index contributed by atoms with van der Waals surface area (Å²) in [6.07, 6.45) is 4.17. The van der Waals surface area contributed by atoms with Crippen molar-refractivity contribution in [1.29, 1.82) is 0 Å². The Morgan fingerprint density at radius 2 is 1.90 bits per heavy atom. The van der Waals surface area contributed by atoms with Crippen molar-refractivity contribution in [1.82, 2.24) is 10.6 Å². The van der Waals surface area contributed by atoms with Gasteiger partial charge >= 0.3 is 0 Å². The van der Waals surface area contributed by atoms with E-state index in [1.807, 2.05) is 0 Å². The average molecular weight is 143 g/mol. The molecule has 0 aromatic rings. The molecule has 1 fully saturated rings. The van der Waals surface area contributed by atoms with E-state index in [0.717, 1.165) is 26.1 Å². The van der Waals surface area contributed by atoms with E-state index in [2.05, 4.69) is 10.6 Å². The van der Waals surface area contributed by atoms with Crippen molar-refractivity contribution in [2.75, 3.05) is 19.6 Å². The molecule has 1 saturated heterocycles. The smallest absolute Gasteiger partial charge is 0.0572 e. The van der Waals surface area contributed by atoms with Gasteiger partial charge in [0.1, 0.15) is 0 Å². The van der Waals surface area contributed by atoms with Gasteiger partial charge in [0.05, 0.1) is 6.17 Å². The highest BCUT2D eigenvalue weighted by Crippen LogP contribution is 1.99. The Hall–Kier alpha value is -0.120. The summed E-state index contributed by atoms with van der Waals surface area (Å²) >= 11 is 0. The third-order valence-corrected chi connectivity index (χ3v) is 1.85. The highest BCUT2D eigenvalue weighted by molar-refractivity contribution is 4.71. The molecule has 0 aliphatic carbocycles. The number of rotatable bonds is 4. The molecule has 0 aromatic carbocycles. The van der Waals surface area contributed by atoms with Crippen LogP contribution in [-0.4, -0.2) is 25.8 Å². The molecule has 60 valence electrons. The predicted molar refractivity (Wildman–Crippen MR) is 42.7 cm³/mol. The van der Waals surface area contributed by atoms with Gasteiger partial charge in [0.15, 0.2) is 0 Å². The lowest BCUT2D eigenvalue weighted by Gasteiger charge is -2.08. The molecule has 3 heteroatoms. The van der Waals surface area contributed by atoms with Gasteiger partial charge in [0, 0.05) is 13.1 Å². The zero-order valence-corrected chi connectivity index (χ0v) is 6.40. The number of unbranched alkanes of at least 4 members (excludes halogenated alkanes) is 1. The second-order valence-electron chi connectivity index (χ2n) is 2.75. The van der Waals surface area contributed by atoms with Gasteiger partial charge in [0.25, 0.3) is 0 Å². The molecular formula is C7H17N3. The van der Waals surface area contributed by atoms with Crippen molar-refractivity contribution in [2.24, 2.45) is 5.73 Å². The molecular weight excluding hydrogens is 126 g/mol. The second kappa shape index (κ2) is 4.66. The topological polar surface area (TPSA) is 50.1 Å². The lowest BCUT2D eigenvalue weighted by Crippen LogP contribution is -2.30. The summed E-state index contributed by atoms with van der Waals surface area (Å²) in [6, 6.07) is 0. The average Bonchev–Trinajstić information content (AvgIpc) is 2.41. The fraction of sp³-hybridized carbons (Fsp3) is 1.00. The second-order valence-corrected chi connectivity index (χ2v) is 2.75. The third-order valence-electron chi connectivity index (χ3n) is 1.85. The van der Waals surface area contributed by atoms with Crippen LogP contribution >= 0.6 is 0 Å². The molecule has 1 heterocycles. The first-order valence-corrected chi connectivity index (χ1v) is 4.10. The van der Waals surface area contributed by atoms with Gasteiger partial charge in [-0.1, -0.05) is 0 Å². The van der Waals surface area contributed by atoms with E-state index < -0.39 is 0 Å². The maximum Gasteiger partial charge on any atom is 0.0572 e. The molecule has 1 aliphatic rings. The first-order chi connectivity index (χ1) is 4.93. The van der Waals surface area contributed by atoms with Crippen LogP contribution in [0.25, 0.3) is 0 Å². The quantitative estimate of drug-likeness (QED) is 0.471. The van der Waals surface area contributed by atoms with Crippen molar-refractivity contribution >= 4 is 0 Å². The Morgan fingerprint density at radius 3 is 2.50 bits per heavy atom. The Kier molecular flexibility index (Phi) is 3.72. The maximum absolute atomic E-state index is 5.37. The molecule has 0 bridgehead atoms. The molecule has 0 spiro atoms. The van der Waals surface area contributed by atoms with Crippen molar-refractivity contribution in [3.63, 3.8) is 0 Å². The van der Waals surface area contributed by atoms with Crippen LogP contribution in [0.4, 0.5) is 0 Å². The third kappa shape index (κ3) is 2.64. The highest BCUT2D eigenvalue weighted by atomic mass is 15.2. The largest absolute Gasteiger partial charge is 0.330 e. The van der Waals surface area contributed by atoms with E-state index in [9.17, 15) is 0 Å². The Morgan fingerprint density at radius 1 is 1.20 bits per heavy atom. The minimum atomic E-state index is 0.562. The zero-order valence-electron chi connectivity index (χ0n) is 6.40. The molecule has 1 aliphatic heterocycles.